The molecule has 120 heavy (non-hydrogen) atoms. The molecule has 0 N–H and O–H groups in total. The Hall–Kier alpha value is -0.897. The Bertz CT molecular complexity index is 2910. The minimum absolute atomic E-state index is 0.590. The Morgan fingerprint density at radius 1 is 0.208 bits per heavy atom. The van der Waals surface area contributed by atoms with Crippen LogP contribution in [0, 0.1) is 0 Å². The summed E-state index contributed by atoms with van der Waals surface area (Å²) in [6.45, 7) is 32.6. The highest BCUT2D eigenvalue weighted by Gasteiger charge is 2.56. The van der Waals surface area contributed by atoms with Crippen molar-refractivity contribution in [3.63, 3.8) is 0 Å². The summed E-state index contributed by atoms with van der Waals surface area (Å²) < 4.78 is 73.3. The van der Waals surface area contributed by atoms with Gasteiger partial charge in [-0.3, -0.25) is 0 Å². The summed E-state index contributed by atoms with van der Waals surface area (Å²) in [6.07, 6.45) is 61.3. The van der Waals surface area contributed by atoms with E-state index in [4.69, 9.17) is 18.1 Å². The highest BCUT2D eigenvalue weighted by atomic mass is 31.3. The Morgan fingerprint density at radius 2 is 0.350 bits per heavy atom. The lowest BCUT2D eigenvalue weighted by Gasteiger charge is -2.38. The van der Waals surface area contributed by atoms with Crippen molar-refractivity contribution in [2.75, 3.05) is 0 Å². The molecule has 0 spiro atoms. The Balaban J connectivity index is 2.47. The van der Waals surface area contributed by atoms with Crippen LogP contribution in [0.5, 0.6) is 23.0 Å². The van der Waals surface area contributed by atoms with E-state index in [2.05, 4.69) is 145 Å². The van der Waals surface area contributed by atoms with Crippen molar-refractivity contribution in [3.05, 3.63) is 48.5 Å². The fourth-order valence-electron chi connectivity index (χ4n) is 18.8. The summed E-state index contributed by atoms with van der Waals surface area (Å²) in [6, 6.07) is 34.2. The van der Waals surface area contributed by atoms with Crippen LogP contribution < -0.4 is 80.3 Å². The molecule has 0 aliphatic carbocycles. The molecule has 0 saturated carbocycles. The second-order valence-corrected chi connectivity index (χ2v) is 64.4. The van der Waals surface area contributed by atoms with Gasteiger partial charge in [0, 0.05) is 6.04 Å². The van der Waals surface area contributed by atoms with Crippen LogP contribution in [0.3, 0.4) is 0 Å². The van der Waals surface area contributed by atoms with Crippen LogP contribution in [0.4, 0.5) is 0 Å². The minimum atomic E-state index is -4.87. The number of benzene rings is 4. The standard InChI is InChI=1S/C99H195NO6P2Si12/c1-15-27-39-51-71-109-88-67-63-84(92(113-75-55-43-31-19-5)96(88)117-79-59-47-35-23-9)103-107(101,104-85-64-68-89(110-72-52-40-28-16-2)97(118-80-60-48-36-24-10)93(85)114-76-56-44-32-20-6)100(83(13)14)108(102,105-86-65-69-90(111-73-53-41-29-17-3)98(119-81-61-49-37-25-11)94(86)115-77-57-45-33-21-7)106-87-66-70-91(112-74-54-42-30-18-4)99(120-82-62-50-38-26-12)95(87)116-78-58-46-34-22-8/h63-70,83H,15-62,71-82,109-120H2,1-14H3. The van der Waals surface area contributed by atoms with E-state index in [1.807, 2.05) is 0 Å². The lowest BCUT2D eigenvalue weighted by atomic mass is 10.2. The molecule has 0 fully saturated rings. The van der Waals surface area contributed by atoms with Gasteiger partial charge >= 0.3 is 15.5 Å². The number of unbranched alkanes of at least 4 members (excludes halogenated alkanes) is 36. The van der Waals surface area contributed by atoms with Crippen LogP contribution in [-0.4, -0.2) is 125 Å². The van der Waals surface area contributed by atoms with Gasteiger partial charge in [-0.15, -0.1) is 0 Å². The van der Waals surface area contributed by atoms with Crippen molar-refractivity contribution in [2.45, 2.75) is 484 Å². The average Bonchev–Trinajstić information content (AvgIpc) is 0.741. The Morgan fingerprint density at radius 3 is 0.492 bits per heavy atom. The third-order valence-corrected chi connectivity index (χ3v) is 60.8. The summed E-state index contributed by atoms with van der Waals surface area (Å²) in [5.74, 6) is 3.14. The quantitative estimate of drug-likeness (QED) is 0.0248. The third-order valence-electron chi connectivity index (χ3n) is 26.2. The zero-order valence-corrected chi connectivity index (χ0v) is 101. The molecule has 0 bridgehead atoms. The summed E-state index contributed by atoms with van der Waals surface area (Å²) in [5, 5.41) is 19.2. The van der Waals surface area contributed by atoms with Crippen LogP contribution in [0.15, 0.2) is 48.5 Å². The molecule has 4 aromatic carbocycles. The molecule has 690 valence electrons. The van der Waals surface area contributed by atoms with Crippen molar-refractivity contribution in [3.8, 4) is 23.0 Å². The van der Waals surface area contributed by atoms with Gasteiger partial charge in [-0.1, -0.05) is 534 Å². The number of nitrogens with zero attached hydrogens (tertiary/aromatic N) is 1. The van der Waals surface area contributed by atoms with Gasteiger partial charge in [-0.05, 0) is 58.9 Å². The van der Waals surface area contributed by atoms with Gasteiger partial charge < -0.3 is 18.1 Å². The molecule has 0 atom stereocenters. The molecule has 7 nitrogen and oxygen atoms in total. The van der Waals surface area contributed by atoms with Gasteiger partial charge in [0.15, 0.2) is 0 Å². The molecule has 0 heterocycles. The number of hydrogen-bond donors (Lipinski definition) is 0. The molecule has 0 saturated heterocycles. The molecule has 4 aromatic rings. The van der Waals surface area contributed by atoms with Crippen molar-refractivity contribution in [1.82, 2.24) is 4.44 Å². The molecular weight excluding hydrogens is 1700 g/mol. The van der Waals surface area contributed by atoms with Crippen molar-refractivity contribution in [2.24, 2.45) is 0 Å². The highest BCUT2D eigenvalue weighted by molar-refractivity contribution is 7.67. The number of hydrogen-bond acceptors (Lipinski definition) is 6. The second-order valence-electron chi connectivity index (χ2n) is 37.4. The van der Waals surface area contributed by atoms with Gasteiger partial charge in [0.25, 0.3) is 0 Å². The maximum Gasteiger partial charge on any atom is 0.527 e. The largest absolute Gasteiger partial charge is 0.527 e. The number of rotatable bonds is 83. The molecule has 4 rings (SSSR count). The van der Waals surface area contributed by atoms with Gasteiger partial charge in [-0.25, -0.2) is 9.13 Å². The van der Waals surface area contributed by atoms with Gasteiger partial charge in [0.1, 0.15) is 23.0 Å². The summed E-state index contributed by atoms with van der Waals surface area (Å²) in [4.78, 5) is 0. The van der Waals surface area contributed by atoms with Crippen LogP contribution in [0.2, 0.25) is 72.5 Å². The van der Waals surface area contributed by atoms with Gasteiger partial charge in [0.2, 0.25) is 0 Å². The zero-order chi connectivity index (χ0) is 86.8. The van der Waals surface area contributed by atoms with Crippen molar-refractivity contribution < 1.29 is 27.2 Å². The topological polar surface area (TPSA) is 74.3 Å². The molecule has 0 radical (unpaired) electrons. The van der Waals surface area contributed by atoms with Gasteiger partial charge in [0.05, 0.1) is 114 Å². The Labute approximate surface area is 772 Å². The molecule has 0 unspecified atom stereocenters. The van der Waals surface area contributed by atoms with E-state index in [9.17, 15) is 0 Å². The first kappa shape index (κ1) is 111. The maximum absolute atomic E-state index is 19.3. The SMILES string of the molecule is CCCCCC[SiH2]c1ccc(OP(=O)(Oc2ccc([SiH2]CCCCCC)c([SiH2]CCCCCC)c2[SiH2]CCCCCC)N(C(C)C)P(=O)(Oc2ccc([SiH2]CCCCCC)c([SiH2]CCCCCC)c2[SiH2]CCCCCC)Oc2ccc([SiH2]CCCCCC)c([SiH2]CCCCCC)c2[SiH2]CCCCCC)c([SiH2]CCCCCC)c1[SiH2]CCCCCC. The van der Waals surface area contributed by atoms with E-state index in [0.29, 0.717) is 0 Å². The van der Waals surface area contributed by atoms with E-state index in [1.54, 1.807) is 45.9 Å². The molecule has 0 amide bonds. The predicted molar refractivity (Wildman–Crippen MR) is 586 cm³/mol. The van der Waals surface area contributed by atoms with Crippen LogP contribution in [0.25, 0.3) is 0 Å². The first-order chi connectivity index (χ1) is 58.8. The maximum atomic E-state index is 19.3. The highest BCUT2D eigenvalue weighted by Crippen LogP contribution is 2.68. The normalized spacial score (nSPS) is 14.0. The van der Waals surface area contributed by atoms with Crippen LogP contribution in [0.1, 0.15) is 405 Å². The lowest BCUT2D eigenvalue weighted by molar-refractivity contribution is 0.269. The smallest absolute Gasteiger partial charge is 0.404 e. The summed E-state index contributed by atoms with van der Waals surface area (Å²) >= 11 is 0. The monoisotopic (exact) mass is 1890 g/mol. The van der Waals surface area contributed by atoms with Crippen molar-refractivity contribution >= 4 is 192 Å². The minimum Gasteiger partial charge on any atom is -0.404 e. The summed E-state index contributed by atoms with van der Waals surface area (Å²) in [7, 11) is -18.8. The first-order valence-electron chi connectivity index (χ1n) is 53.1. The van der Waals surface area contributed by atoms with E-state index in [1.165, 1.54) is 401 Å². The lowest BCUT2D eigenvalue weighted by Crippen LogP contribution is -2.50. The predicted octanol–water partition coefficient (Wildman–Crippen LogP) is 17.7. The summed E-state index contributed by atoms with van der Waals surface area (Å²) in [5.41, 5.74) is 0. The van der Waals surface area contributed by atoms with Gasteiger partial charge in [-0.2, -0.15) is 0 Å². The van der Waals surface area contributed by atoms with E-state index in [0.717, 1.165) is 23.0 Å². The third kappa shape index (κ3) is 45.1. The average molecular weight is 1890 g/mol. The molecule has 0 aliphatic heterocycles. The van der Waals surface area contributed by atoms with E-state index < -0.39 is 136 Å². The molecule has 21 heteroatoms. The fourth-order valence-corrected chi connectivity index (χ4v) is 55.8. The van der Waals surface area contributed by atoms with E-state index >= 15 is 9.13 Å². The fraction of sp³-hybridized carbons (Fsp3) is 0.758. The van der Waals surface area contributed by atoms with Crippen LogP contribution >= 0.6 is 15.5 Å². The first-order valence-corrected chi connectivity index (χ1v) is 76.6. The molecular formula is C99H195NO6P2Si12. The Kier molecular flexibility index (Phi) is 67.6. The van der Waals surface area contributed by atoms with Crippen LogP contribution in [-0.2, 0) is 9.13 Å². The molecule has 0 aromatic heterocycles. The van der Waals surface area contributed by atoms with E-state index in [-0.39, 0.29) is 0 Å². The zero-order valence-electron chi connectivity index (χ0n) is 81.9. The molecule has 0 aliphatic rings. The second kappa shape index (κ2) is 72.8. The van der Waals surface area contributed by atoms with Crippen molar-refractivity contribution in [1.29, 1.82) is 0 Å².